The van der Waals surface area contributed by atoms with Crippen LogP contribution in [0.1, 0.15) is 10.4 Å². The second kappa shape index (κ2) is 5.29. The van der Waals surface area contributed by atoms with Gasteiger partial charge in [0.1, 0.15) is 5.82 Å². The van der Waals surface area contributed by atoms with Crippen molar-refractivity contribution < 1.29 is 31.9 Å². The molecule has 1 aromatic rings. The van der Waals surface area contributed by atoms with Gasteiger partial charge in [0.2, 0.25) is 0 Å². The fourth-order valence-electron chi connectivity index (χ4n) is 1.20. The molecule has 0 amide bonds. The molecule has 0 aromatic heterocycles. The lowest BCUT2D eigenvalue weighted by Crippen LogP contribution is -2.35. The van der Waals surface area contributed by atoms with E-state index < -0.39 is 47.6 Å². The Labute approximate surface area is 104 Å². The van der Waals surface area contributed by atoms with Crippen LogP contribution in [0.25, 0.3) is 0 Å². The van der Waals surface area contributed by atoms with Crippen molar-refractivity contribution in [3.05, 3.63) is 23.5 Å². The van der Waals surface area contributed by atoms with E-state index in [9.17, 15) is 26.7 Å². The molecule has 9 heteroatoms. The highest BCUT2D eigenvalue weighted by Gasteiger charge is 2.40. The summed E-state index contributed by atoms with van der Waals surface area (Å²) in [5.74, 6) is -6.98. The molecule has 0 saturated heterocycles. The molecule has 1 aromatic carbocycles. The van der Waals surface area contributed by atoms with Gasteiger partial charge in [0, 0.05) is 5.69 Å². The van der Waals surface area contributed by atoms with Gasteiger partial charge in [-0.1, -0.05) is 0 Å². The number of hydrogen-bond acceptors (Lipinski definition) is 3. The molecule has 0 aliphatic carbocycles. The maximum Gasteiger partial charge on any atom is 0.337 e. The molecule has 19 heavy (non-hydrogen) atoms. The average molecular weight is 284 g/mol. The summed E-state index contributed by atoms with van der Waals surface area (Å²) in [5.41, 5.74) is 3.63. The Morgan fingerprint density at radius 2 is 2.00 bits per heavy atom. The van der Waals surface area contributed by atoms with Gasteiger partial charge in [0.05, 0.1) is 17.8 Å². The van der Waals surface area contributed by atoms with Gasteiger partial charge in [0.15, 0.2) is 0 Å². The topological polar surface area (TPSA) is 75.3 Å². The summed E-state index contributed by atoms with van der Waals surface area (Å²) in [6.07, 6.45) is -3.92. The Kier molecular flexibility index (Phi) is 4.17. The first kappa shape index (κ1) is 15.0. The van der Waals surface area contributed by atoms with Gasteiger partial charge in [0.25, 0.3) is 0 Å². The van der Waals surface area contributed by atoms with Crippen LogP contribution < -0.4 is 11.1 Å². The molecule has 0 heterocycles. The lowest BCUT2D eigenvalue weighted by Gasteiger charge is -2.17. The van der Waals surface area contributed by atoms with Crippen molar-refractivity contribution >= 4 is 17.3 Å². The van der Waals surface area contributed by atoms with Gasteiger partial charge < -0.3 is 16.2 Å². The standard InChI is InChI=1S/C10H9F5N2O2/c11-5-2-6(16)4(8(18)19)1-7(5)17-3-10(14,15)9(12)13/h1-2,9,17H,3,16H2,(H,18,19). The van der Waals surface area contributed by atoms with Crippen LogP contribution in [0.5, 0.6) is 0 Å². The first-order valence-electron chi connectivity index (χ1n) is 4.87. The van der Waals surface area contributed by atoms with Gasteiger partial charge in [-0.3, -0.25) is 0 Å². The molecule has 0 spiro atoms. The van der Waals surface area contributed by atoms with Gasteiger partial charge in [-0.2, -0.15) is 8.78 Å². The number of carbonyl (C=O) groups is 1. The largest absolute Gasteiger partial charge is 0.478 e. The number of rotatable bonds is 5. The minimum atomic E-state index is -4.36. The van der Waals surface area contributed by atoms with E-state index in [1.54, 1.807) is 5.32 Å². The summed E-state index contributed by atoms with van der Waals surface area (Å²) in [4.78, 5) is 10.7. The Bertz CT molecular complexity index is 493. The molecule has 0 aliphatic heterocycles. The Morgan fingerprint density at radius 3 is 2.47 bits per heavy atom. The summed E-state index contributed by atoms with van der Waals surface area (Å²) in [6.45, 7) is -1.54. The molecule has 0 fully saturated rings. The number of nitrogen functional groups attached to an aromatic ring is 1. The van der Waals surface area contributed by atoms with E-state index >= 15 is 0 Å². The van der Waals surface area contributed by atoms with Gasteiger partial charge in [-0.25, -0.2) is 18.0 Å². The third kappa shape index (κ3) is 3.46. The van der Waals surface area contributed by atoms with E-state index in [0.29, 0.717) is 12.1 Å². The Hall–Kier alpha value is -2.06. The number of carboxylic acids is 1. The fraction of sp³-hybridized carbons (Fsp3) is 0.300. The second-order valence-corrected chi connectivity index (χ2v) is 3.64. The van der Waals surface area contributed by atoms with Gasteiger partial charge in [-0.15, -0.1) is 0 Å². The zero-order chi connectivity index (χ0) is 14.8. The van der Waals surface area contributed by atoms with E-state index in [1.165, 1.54) is 0 Å². The lowest BCUT2D eigenvalue weighted by molar-refractivity contribution is -0.117. The molecule has 0 unspecified atom stereocenters. The van der Waals surface area contributed by atoms with Crippen molar-refractivity contribution in [3.8, 4) is 0 Å². The molecule has 0 radical (unpaired) electrons. The molecular formula is C10H9F5N2O2. The number of nitrogens with two attached hydrogens (primary N) is 1. The first-order valence-corrected chi connectivity index (χ1v) is 4.87. The normalized spacial score (nSPS) is 11.7. The van der Waals surface area contributed by atoms with E-state index in [0.717, 1.165) is 0 Å². The Morgan fingerprint density at radius 1 is 1.42 bits per heavy atom. The quantitative estimate of drug-likeness (QED) is 0.573. The number of halogens is 5. The monoisotopic (exact) mass is 284 g/mol. The van der Waals surface area contributed by atoms with Crippen molar-refractivity contribution in [3.63, 3.8) is 0 Å². The third-order valence-corrected chi connectivity index (χ3v) is 2.20. The minimum absolute atomic E-state index is 0.406. The maximum atomic E-state index is 13.3. The molecule has 1 rings (SSSR count). The van der Waals surface area contributed by atoms with Crippen LogP contribution >= 0.6 is 0 Å². The highest BCUT2D eigenvalue weighted by molar-refractivity contribution is 5.94. The number of hydrogen-bond donors (Lipinski definition) is 3. The number of anilines is 2. The molecular weight excluding hydrogens is 275 g/mol. The minimum Gasteiger partial charge on any atom is -0.478 e. The van der Waals surface area contributed by atoms with Crippen LogP contribution in [0, 0.1) is 5.82 Å². The van der Waals surface area contributed by atoms with E-state index in [1.807, 2.05) is 0 Å². The van der Waals surface area contributed by atoms with E-state index in [4.69, 9.17) is 10.8 Å². The zero-order valence-electron chi connectivity index (χ0n) is 9.26. The first-order chi connectivity index (χ1) is 8.65. The Balaban J connectivity index is 2.96. The van der Waals surface area contributed by atoms with Crippen LogP contribution in [-0.2, 0) is 0 Å². The molecule has 0 bridgehead atoms. The van der Waals surface area contributed by atoms with Crippen LogP contribution in [-0.4, -0.2) is 30.0 Å². The number of carboxylic acid groups (broad SMARTS) is 1. The van der Waals surface area contributed by atoms with Gasteiger partial charge >= 0.3 is 18.3 Å². The smallest absolute Gasteiger partial charge is 0.337 e. The molecule has 4 N–H and O–H groups in total. The maximum absolute atomic E-state index is 13.3. The van der Waals surface area contributed by atoms with Crippen molar-refractivity contribution in [1.82, 2.24) is 0 Å². The summed E-state index contributed by atoms with van der Waals surface area (Å²) < 4.78 is 62.3. The third-order valence-electron chi connectivity index (χ3n) is 2.20. The number of benzene rings is 1. The molecule has 4 nitrogen and oxygen atoms in total. The number of nitrogens with one attached hydrogen (secondary N) is 1. The average Bonchev–Trinajstić information content (AvgIpc) is 2.27. The van der Waals surface area contributed by atoms with Crippen LogP contribution in [0.2, 0.25) is 0 Å². The highest BCUT2D eigenvalue weighted by atomic mass is 19.3. The lowest BCUT2D eigenvalue weighted by atomic mass is 10.1. The van der Waals surface area contributed by atoms with Crippen LogP contribution in [0.4, 0.5) is 33.3 Å². The van der Waals surface area contributed by atoms with Crippen molar-refractivity contribution in [1.29, 1.82) is 0 Å². The predicted molar refractivity (Wildman–Crippen MR) is 57.2 cm³/mol. The second-order valence-electron chi connectivity index (χ2n) is 3.64. The summed E-state index contributed by atoms with van der Waals surface area (Å²) in [7, 11) is 0. The zero-order valence-corrected chi connectivity index (χ0v) is 9.26. The van der Waals surface area contributed by atoms with Crippen LogP contribution in [0.3, 0.4) is 0 Å². The van der Waals surface area contributed by atoms with Gasteiger partial charge in [-0.05, 0) is 12.1 Å². The van der Waals surface area contributed by atoms with Crippen LogP contribution in [0.15, 0.2) is 12.1 Å². The SMILES string of the molecule is Nc1cc(F)c(NCC(F)(F)C(F)F)cc1C(=O)O. The number of aromatic carboxylic acids is 1. The van der Waals surface area contributed by atoms with E-state index in [2.05, 4.69) is 0 Å². The molecule has 0 saturated carbocycles. The highest BCUT2D eigenvalue weighted by Crippen LogP contribution is 2.26. The molecule has 106 valence electrons. The van der Waals surface area contributed by atoms with Crippen molar-refractivity contribution in [2.45, 2.75) is 12.3 Å². The van der Waals surface area contributed by atoms with Crippen molar-refractivity contribution in [2.24, 2.45) is 0 Å². The van der Waals surface area contributed by atoms with E-state index in [-0.39, 0.29) is 0 Å². The molecule has 0 atom stereocenters. The van der Waals surface area contributed by atoms with Crippen molar-refractivity contribution in [2.75, 3.05) is 17.6 Å². The summed E-state index contributed by atoms with van der Waals surface area (Å²) >= 11 is 0. The summed E-state index contributed by atoms with van der Waals surface area (Å²) in [6, 6.07) is 1.26. The summed E-state index contributed by atoms with van der Waals surface area (Å²) in [5, 5.41) is 10.4. The predicted octanol–water partition coefficient (Wildman–Crippen LogP) is 2.42. The molecule has 0 aliphatic rings. The number of alkyl halides is 4. The fourth-order valence-corrected chi connectivity index (χ4v) is 1.20.